The first kappa shape index (κ1) is 6.08. The van der Waals surface area contributed by atoms with E-state index in [2.05, 4.69) is 0 Å². The predicted molar refractivity (Wildman–Crippen MR) is 15.2 cm³/mol. The van der Waals surface area contributed by atoms with Crippen LogP contribution in [-0.4, -0.2) is 20.7 Å². The van der Waals surface area contributed by atoms with E-state index in [1.165, 1.54) is 0 Å². The van der Waals surface area contributed by atoms with Gasteiger partial charge in [-0.05, 0) is 0 Å². The molecule has 0 saturated carbocycles. The van der Waals surface area contributed by atoms with Gasteiger partial charge in [0, 0.05) is 0 Å². The molecule has 0 spiro atoms. The molecule has 27 valence electrons. The Morgan fingerprint density at radius 2 is 2.20 bits per heavy atom. The summed E-state index contributed by atoms with van der Waals surface area (Å²) in [4.78, 5) is 9.47. The third-order valence-corrected chi connectivity index (χ3v) is 5.18. The van der Waals surface area contributed by atoms with Gasteiger partial charge in [-0.15, -0.1) is 0 Å². The number of carbonyl (C=O) groups is 1. The van der Waals surface area contributed by atoms with Crippen molar-refractivity contribution < 1.29 is 36.4 Å². The van der Waals surface area contributed by atoms with Crippen molar-refractivity contribution in [1.29, 1.82) is 0 Å². The van der Waals surface area contributed by atoms with Gasteiger partial charge in [0.2, 0.25) is 0 Å². The zero-order valence-electron chi connectivity index (χ0n) is 2.36. The van der Waals surface area contributed by atoms with Crippen molar-refractivity contribution in [3.8, 4) is 0 Å². The van der Waals surface area contributed by atoms with Gasteiger partial charge in [0.15, 0.2) is 0 Å². The molecule has 0 saturated heterocycles. The molecular weight excluding hydrogens is 357 g/mol. The van der Waals surface area contributed by atoms with E-state index in [1.54, 1.807) is 0 Å². The third kappa shape index (κ3) is 5.08. The summed E-state index contributed by atoms with van der Waals surface area (Å²) in [7, 11) is -0.471. The molecule has 0 aliphatic heterocycles. The summed E-state index contributed by atoms with van der Waals surface area (Å²) >= 11 is 0.724. The molecule has 0 fully saturated rings. The van der Waals surface area contributed by atoms with E-state index in [-0.39, 0.29) is 0 Å². The average Bonchev–Trinajstić information content (AvgIpc) is 1.38. The molecule has 1 atom stereocenters. The topological polar surface area (TPSA) is 37.3 Å². The first-order valence-corrected chi connectivity index (χ1v) is 13.8. The average molecular weight is 359 g/mol. The van der Waals surface area contributed by atoms with Gasteiger partial charge in [0.05, 0.1) is 0 Å². The molecule has 1 unspecified atom stereocenters. The summed E-state index contributed by atoms with van der Waals surface area (Å²) < 4.78 is -0.546. The van der Waals surface area contributed by atoms with Crippen molar-refractivity contribution in [3.05, 3.63) is 0 Å². The van der Waals surface area contributed by atoms with E-state index in [0.29, 0.717) is 0 Å². The van der Waals surface area contributed by atoms with Crippen molar-refractivity contribution in [2.24, 2.45) is 0 Å². The van der Waals surface area contributed by atoms with Crippen molar-refractivity contribution in [3.63, 3.8) is 0 Å². The van der Waals surface area contributed by atoms with Crippen molar-refractivity contribution in [2.45, 2.75) is 0 Å². The SMILES string of the molecule is O=C(O)[AsH][U]. The molecule has 4 heteroatoms. The van der Waals surface area contributed by atoms with E-state index in [9.17, 15) is 4.79 Å². The monoisotopic (exact) mass is 359 g/mol. The summed E-state index contributed by atoms with van der Waals surface area (Å²) in [6.07, 6.45) is 0. The van der Waals surface area contributed by atoms with E-state index in [1.807, 2.05) is 0 Å². The number of hydrogen-bond acceptors (Lipinski definition) is 1. The van der Waals surface area contributed by atoms with Crippen molar-refractivity contribution in [1.82, 2.24) is 0 Å². The Morgan fingerprint density at radius 1 is 2.00 bits per heavy atom. The van der Waals surface area contributed by atoms with Gasteiger partial charge in [-0.2, -0.15) is 0 Å². The molecule has 2 nitrogen and oxygen atoms in total. The number of hydrogen-bond donors (Lipinski definition) is 1. The molecule has 0 aliphatic rings. The molecule has 5 heavy (non-hydrogen) atoms. The van der Waals surface area contributed by atoms with Gasteiger partial charge in [0.1, 0.15) is 0 Å². The molecule has 1 N–H and O–H groups in total. The Hall–Kier alpha value is 1.08. The van der Waals surface area contributed by atoms with Gasteiger partial charge in [-0.3, -0.25) is 0 Å². The van der Waals surface area contributed by atoms with Gasteiger partial charge < -0.3 is 0 Å². The number of rotatable bonds is 1. The fourth-order valence-electron chi connectivity index (χ4n) is 0. The van der Waals surface area contributed by atoms with E-state index >= 15 is 0 Å². The Bertz CT molecular complexity index is 44.9. The normalized spacial score (nSPS) is 10.0. The van der Waals surface area contributed by atoms with Gasteiger partial charge in [-0.25, -0.2) is 0 Å². The second-order valence-corrected chi connectivity index (χ2v) is 7.26. The van der Waals surface area contributed by atoms with E-state index in [4.69, 9.17) is 5.11 Å². The van der Waals surface area contributed by atoms with Crippen molar-refractivity contribution in [2.75, 3.05) is 0 Å². The van der Waals surface area contributed by atoms with Crippen LogP contribution in [0.1, 0.15) is 0 Å². The molecule has 0 heterocycles. The fraction of sp³-hybridized carbons (Fsp3) is 0. The Morgan fingerprint density at radius 3 is 2.20 bits per heavy atom. The standard InChI is InChI=1S/CH2AsO2.U/c2-1(3)4;/h2H,(H,3,4);/q-1;+1. The van der Waals surface area contributed by atoms with Crippen LogP contribution in [0, 0.1) is 26.5 Å². The molecule has 0 radical (unpaired) electrons. The molecule has 0 aromatic rings. The van der Waals surface area contributed by atoms with Crippen LogP contribution in [0.15, 0.2) is 0 Å². The molecular formula is CH2AsO2U. The van der Waals surface area contributed by atoms with Crippen LogP contribution < -0.4 is 0 Å². The first-order valence-electron chi connectivity index (χ1n) is 0.928. The Balaban J connectivity index is 2.85. The quantitative estimate of drug-likeness (QED) is 0.646. The van der Waals surface area contributed by atoms with E-state index in [0.717, 1.165) is 26.5 Å². The molecule has 0 aromatic heterocycles. The zero-order chi connectivity index (χ0) is 4.28. The van der Waals surface area contributed by atoms with Crippen LogP contribution in [0.5, 0.6) is 0 Å². The van der Waals surface area contributed by atoms with Crippen LogP contribution in [0.25, 0.3) is 0 Å². The molecule has 0 bridgehead atoms. The summed E-state index contributed by atoms with van der Waals surface area (Å²) in [6, 6.07) is 0. The third-order valence-electron chi connectivity index (χ3n) is 0.107. The maximum atomic E-state index is 9.47. The minimum absolute atomic E-state index is 0.471. The van der Waals surface area contributed by atoms with Gasteiger partial charge >= 0.3 is 52.0 Å². The summed E-state index contributed by atoms with van der Waals surface area (Å²) in [6.45, 7) is 0. The molecule has 0 aromatic carbocycles. The first-order chi connectivity index (χ1) is 2.27. The molecule has 0 aliphatic carbocycles. The van der Waals surface area contributed by atoms with Crippen LogP contribution in [0.2, 0.25) is 0 Å². The van der Waals surface area contributed by atoms with E-state index < -0.39 is 15.6 Å². The summed E-state index contributed by atoms with van der Waals surface area (Å²) in [5.74, 6) is 0. The predicted octanol–water partition coefficient (Wildman–Crippen LogP) is -0.435. The van der Waals surface area contributed by atoms with Gasteiger partial charge in [-0.1, -0.05) is 0 Å². The van der Waals surface area contributed by atoms with Crippen LogP contribution in [0.3, 0.4) is 0 Å². The van der Waals surface area contributed by atoms with Crippen molar-refractivity contribution >= 4 is 15.6 Å². The summed E-state index contributed by atoms with van der Waals surface area (Å²) in [5.41, 5.74) is 0. The number of carboxylic acid groups (broad SMARTS) is 1. The van der Waals surface area contributed by atoms with Crippen LogP contribution in [-0.2, 0) is 0 Å². The summed E-state index contributed by atoms with van der Waals surface area (Å²) in [5, 5.41) is 7.82. The second-order valence-electron chi connectivity index (χ2n) is 0.430. The Kier molecular flexibility index (Phi) is 3.99. The minimum atomic E-state index is -0.546. The maximum absolute atomic E-state index is 9.47. The van der Waals surface area contributed by atoms with Crippen LogP contribution >= 0.6 is 0 Å². The van der Waals surface area contributed by atoms with Crippen LogP contribution in [0.4, 0.5) is 4.79 Å². The Labute approximate surface area is 51.6 Å². The molecule has 0 rings (SSSR count). The fourth-order valence-corrected chi connectivity index (χ4v) is 0. The van der Waals surface area contributed by atoms with Gasteiger partial charge in [0.25, 0.3) is 0 Å². The zero-order valence-corrected chi connectivity index (χ0v) is 8.62. The molecule has 0 amide bonds. The second kappa shape index (κ2) is 3.28.